The molecular weight excluding hydrogens is 256 g/mol. The van der Waals surface area contributed by atoms with Crippen molar-refractivity contribution in [1.82, 2.24) is 19.5 Å². The Morgan fingerprint density at radius 2 is 2.40 bits per heavy atom. The monoisotopic (exact) mass is 274 g/mol. The van der Waals surface area contributed by atoms with Crippen molar-refractivity contribution in [1.29, 1.82) is 0 Å². The minimum absolute atomic E-state index is 0.0219. The number of aromatic nitrogens is 3. The van der Waals surface area contributed by atoms with Crippen molar-refractivity contribution in [2.75, 3.05) is 19.8 Å². The summed E-state index contributed by atoms with van der Waals surface area (Å²) in [6.07, 6.45) is 5.91. The number of nitrogens with zero attached hydrogens (tertiary/aromatic N) is 4. The summed E-state index contributed by atoms with van der Waals surface area (Å²) in [5.41, 5.74) is 0.882. The van der Waals surface area contributed by atoms with E-state index in [9.17, 15) is 4.79 Å². The number of rotatable bonds is 2. The Hall–Kier alpha value is -1.95. The van der Waals surface area contributed by atoms with Crippen LogP contribution in [0.4, 0.5) is 0 Å². The first-order valence-corrected chi connectivity index (χ1v) is 6.84. The zero-order valence-corrected chi connectivity index (χ0v) is 11.7. The number of amides is 1. The van der Waals surface area contributed by atoms with Crippen LogP contribution in [0.3, 0.4) is 0 Å². The molecule has 1 atom stereocenters. The van der Waals surface area contributed by atoms with E-state index >= 15 is 0 Å². The van der Waals surface area contributed by atoms with Crippen LogP contribution in [0.5, 0.6) is 0 Å². The largest absolute Gasteiger partial charge is 0.377 e. The zero-order valence-electron chi connectivity index (χ0n) is 11.7. The predicted octanol–water partition coefficient (Wildman–Crippen LogP) is 1.37. The van der Waals surface area contributed by atoms with Crippen LogP contribution in [0.1, 0.15) is 30.6 Å². The van der Waals surface area contributed by atoms with Crippen LogP contribution in [-0.2, 0) is 4.74 Å². The molecular formula is C14H18N4O2. The molecule has 2 aromatic heterocycles. The van der Waals surface area contributed by atoms with Crippen molar-refractivity contribution >= 4 is 11.6 Å². The lowest BCUT2D eigenvalue weighted by molar-refractivity contribution is -0.0465. The van der Waals surface area contributed by atoms with Crippen LogP contribution in [-0.4, -0.2) is 50.7 Å². The van der Waals surface area contributed by atoms with Gasteiger partial charge in [0.2, 0.25) is 0 Å². The Balaban J connectivity index is 1.99. The van der Waals surface area contributed by atoms with Crippen molar-refractivity contribution in [2.45, 2.75) is 25.8 Å². The zero-order chi connectivity index (χ0) is 14.2. The SMILES string of the molecule is CCC1(C)COCCN1C(=O)c1cnn2cccnc12. The van der Waals surface area contributed by atoms with Gasteiger partial charge in [-0.15, -0.1) is 0 Å². The lowest BCUT2D eigenvalue weighted by Gasteiger charge is -2.44. The Bertz CT molecular complexity index is 639. The number of fused-ring (bicyclic) bond motifs is 1. The molecule has 3 heterocycles. The highest BCUT2D eigenvalue weighted by Gasteiger charge is 2.38. The normalized spacial score (nSPS) is 23.2. The Morgan fingerprint density at radius 3 is 3.20 bits per heavy atom. The first-order chi connectivity index (χ1) is 9.65. The first-order valence-electron chi connectivity index (χ1n) is 6.84. The van der Waals surface area contributed by atoms with Crippen molar-refractivity contribution in [3.63, 3.8) is 0 Å². The van der Waals surface area contributed by atoms with Crippen LogP contribution in [0.2, 0.25) is 0 Å². The maximum Gasteiger partial charge on any atom is 0.259 e. The van der Waals surface area contributed by atoms with Crippen molar-refractivity contribution < 1.29 is 9.53 Å². The molecule has 1 aliphatic rings. The molecule has 1 aliphatic heterocycles. The van der Waals surface area contributed by atoms with Crippen LogP contribution in [0, 0.1) is 0 Å². The molecule has 2 aromatic rings. The Labute approximate surface area is 117 Å². The summed E-state index contributed by atoms with van der Waals surface area (Å²) < 4.78 is 7.15. The van der Waals surface area contributed by atoms with Gasteiger partial charge in [-0.3, -0.25) is 4.79 Å². The van der Waals surface area contributed by atoms with E-state index < -0.39 is 0 Å². The summed E-state index contributed by atoms with van der Waals surface area (Å²) in [6, 6.07) is 1.79. The molecule has 0 radical (unpaired) electrons. The van der Waals surface area contributed by atoms with E-state index in [1.165, 1.54) is 0 Å². The number of hydrogen-bond donors (Lipinski definition) is 0. The van der Waals surface area contributed by atoms with Gasteiger partial charge in [0.15, 0.2) is 5.65 Å². The van der Waals surface area contributed by atoms with Gasteiger partial charge in [-0.25, -0.2) is 9.50 Å². The fourth-order valence-electron chi connectivity index (χ4n) is 2.56. The molecule has 0 aromatic carbocycles. The van der Waals surface area contributed by atoms with Crippen LogP contribution in [0.15, 0.2) is 24.7 Å². The maximum absolute atomic E-state index is 12.8. The van der Waals surface area contributed by atoms with Crippen molar-refractivity contribution in [3.8, 4) is 0 Å². The second-order valence-electron chi connectivity index (χ2n) is 5.31. The third-order valence-electron chi connectivity index (χ3n) is 4.04. The molecule has 1 fully saturated rings. The minimum atomic E-state index is -0.266. The molecule has 3 rings (SSSR count). The average Bonchev–Trinajstić information content (AvgIpc) is 2.91. The van der Waals surface area contributed by atoms with Gasteiger partial charge in [-0.05, 0) is 19.4 Å². The van der Waals surface area contributed by atoms with Crippen LogP contribution in [0.25, 0.3) is 5.65 Å². The molecule has 1 amide bonds. The lowest BCUT2D eigenvalue weighted by Crippen LogP contribution is -2.57. The van der Waals surface area contributed by atoms with Gasteiger partial charge in [-0.1, -0.05) is 6.92 Å². The number of hydrogen-bond acceptors (Lipinski definition) is 4. The predicted molar refractivity (Wildman–Crippen MR) is 73.5 cm³/mol. The Morgan fingerprint density at radius 1 is 1.55 bits per heavy atom. The van der Waals surface area contributed by atoms with E-state index in [0.29, 0.717) is 31.0 Å². The van der Waals surface area contributed by atoms with Crippen LogP contribution < -0.4 is 0 Å². The first kappa shape index (κ1) is 13.1. The summed E-state index contributed by atoms with van der Waals surface area (Å²) in [5.74, 6) is -0.0219. The maximum atomic E-state index is 12.8. The smallest absolute Gasteiger partial charge is 0.259 e. The average molecular weight is 274 g/mol. The molecule has 6 heteroatoms. The summed E-state index contributed by atoms with van der Waals surface area (Å²) in [4.78, 5) is 19.0. The molecule has 6 nitrogen and oxygen atoms in total. The molecule has 0 aliphatic carbocycles. The Kier molecular flexibility index (Phi) is 3.17. The summed E-state index contributed by atoms with van der Waals surface area (Å²) in [5, 5.41) is 4.18. The molecule has 0 N–H and O–H groups in total. The van der Waals surface area contributed by atoms with Gasteiger partial charge in [0.25, 0.3) is 5.91 Å². The minimum Gasteiger partial charge on any atom is -0.377 e. The number of ether oxygens (including phenoxy) is 1. The summed E-state index contributed by atoms with van der Waals surface area (Å²) >= 11 is 0. The summed E-state index contributed by atoms with van der Waals surface area (Å²) in [6.45, 7) is 5.88. The van der Waals surface area contributed by atoms with Gasteiger partial charge in [0, 0.05) is 18.9 Å². The van der Waals surface area contributed by atoms with E-state index in [1.54, 1.807) is 29.2 Å². The standard InChI is InChI=1S/C14H18N4O2/c1-3-14(2)10-20-8-7-17(14)13(19)11-9-16-18-6-4-5-15-12(11)18/h4-6,9H,3,7-8,10H2,1-2H3. The van der Waals surface area contributed by atoms with E-state index in [-0.39, 0.29) is 11.4 Å². The molecule has 20 heavy (non-hydrogen) atoms. The van der Waals surface area contributed by atoms with Crippen LogP contribution >= 0.6 is 0 Å². The fraction of sp³-hybridized carbons (Fsp3) is 0.500. The fourth-order valence-corrected chi connectivity index (χ4v) is 2.56. The molecule has 0 saturated carbocycles. The van der Waals surface area contributed by atoms with E-state index in [2.05, 4.69) is 23.9 Å². The summed E-state index contributed by atoms with van der Waals surface area (Å²) in [7, 11) is 0. The third-order valence-corrected chi connectivity index (χ3v) is 4.04. The van der Waals surface area contributed by atoms with Gasteiger partial charge in [-0.2, -0.15) is 5.10 Å². The highest BCUT2D eigenvalue weighted by Crippen LogP contribution is 2.26. The molecule has 1 saturated heterocycles. The van der Waals surface area contributed by atoms with Crippen molar-refractivity contribution in [3.05, 3.63) is 30.2 Å². The van der Waals surface area contributed by atoms with Gasteiger partial charge in [0.05, 0.1) is 24.9 Å². The highest BCUT2D eigenvalue weighted by molar-refractivity contribution is 6.00. The number of carbonyl (C=O) groups is 1. The second-order valence-corrected chi connectivity index (χ2v) is 5.31. The number of morpholine rings is 1. The van der Waals surface area contributed by atoms with Gasteiger partial charge in [0.1, 0.15) is 5.56 Å². The molecule has 0 spiro atoms. The quantitative estimate of drug-likeness (QED) is 0.830. The lowest BCUT2D eigenvalue weighted by atomic mass is 9.95. The molecule has 1 unspecified atom stereocenters. The molecule has 106 valence electrons. The van der Waals surface area contributed by atoms with E-state index in [1.807, 2.05) is 4.90 Å². The van der Waals surface area contributed by atoms with Gasteiger partial charge < -0.3 is 9.64 Å². The van der Waals surface area contributed by atoms with Gasteiger partial charge >= 0.3 is 0 Å². The highest BCUT2D eigenvalue weighted by atomic mass is 16.5. The second kappa shape index (κ2) is 4.86. The number of carbonyl (C=O) groups excluding carboxylic acids is 1. The molecule has 0 bridgehead atoms. The van der Waals surface area contributed by atoms with E-state index in [4.69, 9.17) is 4.74 Å². The topological polar surface area (TPSA) is 59.7 Å². The van der Waals surface area contributed by atoms with E-state index in [0.717, 1.165) is 6.42 Å². The third kappa shape index (κ3) is 1.96. The van der Waals surface area contributed by atoms with Crippen molar-refractivity contribution in [2.24, 2.45) is 0 Å².